The van der Waals surface area contributed by atoms with Crippen molar-refractivity contribution in [2.24, 2.45) is 0 Å². The molecule has 4 heteroatoms. The Morgan fingerprint density at radius 2 is 1.74 bits per heavy atom. The topological polar surface area (TPSA) is 23.5 Å². The van der Waals surface area contributed by atoms with E-state index < -0.39 is 6.92 Å². The molecule has 0 bridgehead atoms. The minimum absolute atomic E-state index is 0.333. The first-order valence-electron chi connectivity index (χ1n) is 6.23. The quantitative estimate of drug-likeness (QED) is 0.825. The summed E-state index contributed by atoms with van der Waals surface area (Å²) in [5.74, 6) is -0.333. The van der Waals surface area contributed by atoms with Crippen molar-refractivity contribution >= 4 is 17.8 Å². The predicted molar refractivity (Wildman–Crippen MR) is 77.5 cm³/mol. The van der Waals surface area contributed by atoms with Gasteiger partial charge in [-0.3, -0.25) is 0 Å². The molecule has 0 saturated heterocycles. The largest absolute Gasteiger partial charge is 0.443 e. The molecule has 0 spiro atoms. The number of hydrogen-bond donors (Lipinski definition) is 1. The van der Waals surface area contributed by atoms with Crippen LogP contribution in [0.1, 0.15) is 5.56 Å². The Morgan fingerprint density at radius 3 is 2.32 bits per heavy atom. The molecule has 0 unspecified atom stereocenters. The van der Waals surface area contributed by atoms with Gasteiger partial charge >= 0.3 is 6.92 Å². The smallest absolute Gasteiger partial charge is 0.359 e. The second-order valence-corrected chi connectivity index (χ2v) is 4.94. The maximum Gasteiger partial charge on any atom is 0.359 e. The molecule has 0 amide bonds. The molecule has 0 aliphatic heterocycles. The summed E-state index contributed by atoms with van der Waals surface area (Å²) in [7, 11) is 4.02. The molecular weight excluding hydrogens is 240 g/mol. The average Bonchev–Trinajstić information content (AvgIpc) is 2.38. The standard InChI is InChI=1S/C15H17BFNO/c1-18(2)11-12-6-8-13(9-7-12)16(19)14-4-3-5-15(17)10-14/h3-10,19H,11H2,1-2H3. The van der Waals surface area contributed by atoms with Crippen LogP contribution >= 0.6 is 0 Å². The SMILES string of the molecule is CN(C)Cc1ccc(B(O)c2cccc(F)c2)cc1. The summed E-state index contributed by atoms with van der Waals surface area (Å²) in [5.41, 5.74) is 2.52. The first kappa shape index (κ1) is 13.8. The van der Waals surface area contributed by atoms with E-state index in [0.29, 0.717) is 5.46 Å². The Morgan fingerprint density at radius 1 is 1.05 bits per heavy atom. The summed E-state index contributed by atoms with van der Waals surface area (Å²) in [5, 5.41) is 10.2. The van der Waals surface area contributed by atoms with Crippen LogP contribution in [-0.2, 0) is 6.54 Å². The highest BCUT2D eigenvalue weighted by molar-refractivity contribution is 6.78. The van der Waals surface area contributed by atoms with Gasteiger partial charge in [0, 0.05) is 6.54 Å². The summed E-state index contributed by atoms with van der Waals surface area (Å²) >= 11 is 0. The lowest BCUT2D eigenvalue weighted by atomic mass is 9.56. The van der Waals surface area contributed by atoms with E-state index in [1.54, 1.807) is 12.1 Å². The van der Waals surface area contributed by atoms with Crippen molar-refractivity contribution in [3.05, 3.63) is 59.9 Å². The minimum atomic E-state index is -0.788. The van der Waals surface area contributed by atoms with Crippen LogP contribution in [0.2, 0.25) is 0 Å². The van der Waals surface area contributed by atoms with Crippen molar-refractivity contribution in [3.63, 3.8) is 0 Å². The molecular formula is C15H17BFNO. The van der Waals surface area contributed by atoms with Gasteiger partial charge in [-0.25, -0.2) is 4.39 Å². The molecule has 2 rings (SSSR count). The molecule has 0 atom stereocenters. The highest BCUT2D eigenvalue weighted by atomic mass is 19.1. The maximum atomic E-state index is 13.1. The van der Waals surface area contributed by atoms with Gasteiger partial charge in [0.1, 0.15) is 5.82 Å². The number of benzene rings is 2. The van der Waals surface area contributed by atoms with Crippen molar-refractivity contribution in [2.45, 2.75) is 6.54 Å². The van der Waals surface area contributed by atoms with E-state index in [1.165, 1.54) is 17.7 Å². The Labute approximate surface area is 113 Å². The lowest BCUT2D eigenvalue weighted by Gasteiger charge is -2.11. The van der Waals surface area contributed by atoms with E-state index >= 15 is 0 Å². The van der Waals surface area contributed by atoms with E-state index in [9.17, 15) is 9.41 Å². The predicted octanol–water partition coefficient (Wildman–Crippen LogP) is 0.985. The molecule has 0 aliphatic carbocycles. The van der Waals surface area contributed by atoms with Crippen molar-refractivity contribution in [3.8, 4) is 0 Å². The van der Waals surface area contributed by atoms with Gasteiger partial charge in [-0.15, -0.1) is 0 Å². The number of nitrogens with zero attached hydrogens (tertiary/aromatic N) is 1. The molecule has 0 aromatic heterocycles. The van der Waals surface area contributed by atoms with Gasteiger partial charge in [-0.1, -0.05) is 36.4 Å². The van der Waals surface area contributed by atoms with E-state index in [4.69, 9.17) is 0 Å². The average molecular weight is 257 g/mol. The van der Waals surface area contributed by atoms with Gasteiger partial charge in [-0.05, 0) is 42.7 Å². The van der Waals surface area contributed by atoms with Crippen molar-refractivity contribution in [2.75, 3.05) is 14.1 Å². The molecule has 98 valence electrons. The van der Waals surface area contributed by atoms with E-state index in [-0.39, 0.29) is 5.82 Å². The Bertz CT molecular complexity index is 542. The third-order valence-corrected chi connectivity index (χ3v) is 2.96. The lowest BCUT2D eigenvalue weighted by Crippen LogP contribution is -2.42. The highest BCUT2D eigenvalue weighted by Crippen LogP contribution is 2.01. The fraction of sp³-hybridized carbons (Fsp3) is 0.200. The normalized spacial score (nSPS) is 10.8. The molecule has 0 radical (unpaired) electrons. The monoisotopic (exact) mass is 257 g/mol. The fourth-order valence-electron chi connectivity index (χ4n) is 2.04. The third kappa shape index (κ3) is 3.66. The second kappa shape index (κ2) is 6.00. The summed E-state index contributed by atoms with van der Waals surface area (Å²) < 4.78 is 13.1. The van der Waals surface area contributed by atoms with Gasteiger partial charge in [0.15, 0.2) is 0 Å². The lowest BCUT2D eigenvalue weighted by molar-refractivity contribution is 0.402. The zero-order valence-electron chi connectivity index (χ0n) is 11.2. The number of hydrogen-bond acceptors (Lipinski definition) is 2. The summed E-state index contributed by atoms with van der Waals surface area (Å²) in [6, 6.07) is 13.8. The molecule has 0 fully saturated rings. The van der Waals surface area contributed by atoms with Crippen LogP contribution in [0.15, 0.2) is 48.5 Å². The molecule has 2 nitrogen and oxygen atoms in total. The van der Waals surface area contributed by atoms with Crippen LogP contribution in [0.25, 0.3) is 0 Å². The molecule has 0 aliphatic rings. The summed E-state index contributed by atoms with van der Waals surface area (Å²) in [4.78, 5) is 2.08. The van der Waals surface area contributed by atoms with Crippen LogP contribution in [0, 0.1) is 5.82 Å². The molecule has 19 heavy (non-hydrogen) atoms. The van der Waals surface area contributed by atoms with E-state index in [2.05, 4.69) is 4.90 Å². The molecule has 0 saturated carbocycles. The highest BCUT2D eigenvalue weighted by Gasteiger charge is 2.17. The molecule has 2 aromatic carbocycles. The minimum Gasteiger partial charge on any atom is -0.443 e. The maximum absolute atomic E-state index is 13.1. The van der Waals surface area contributed by atoms with Gasteiger partial charge < -0.3 is 9.92 Å². The summed E-state index contributed by atoms with van der Waals surface area (Å²) in [6.45, 7) is 0.0696. The zero-order valence-corrected chi connectivity index (χ0v) is 11.2. The first-order valence-corrected chi connectivity index (χ1v) is 6.23. The molecule has 1 N–H and O–H groups in total. The Hall–Kier alpha value is -1.65. The third-order valence-electron chi connectivity index (χ3n) is 2.96. The fourth-order valence-corrected chi connectivity index (χ4v) is 2.04. The molecule has 0 heterocycles. The Balaban J connectivity index is 2.17. The Kier molecular flexibility index (Phi) is 4.35. The van der Waals surface area contributed by atoms with E-state index in [1.807, 2.05) is 38.4 Å². The van der Waals surface area contributed by atoms with Gasteiger partial charge in [0.2, 0.25) is 0 Å². The van der Waals surface area contributed by atoms with Crippen LogP contribution in [0.5, 0.6) is 0 Å². The number of halogens is 1. The van der Waals surface area contributed by atoms with Crippen LogP contribution in [0.3, 0.4) is 0 Å². The van der Waals surface area contributed by atoms with Crippen LogP contribution < -0.4 is 10.9 Å². The second-order valence-electron chi connectivity index (χ2n) is 4.94. The van der Waals surface area contributed by atoms with Gasteiger partial charge in [-0.2, -0.15) is 0 Å². The number of rotatable bonds is 4. The van der Waals surface area contributed by atoms with Crippen molar-refractivity contribution < 1.29 is 9.41 Å². The van der Waals surface area contributed by atoms with Crippen molar-refractivity contribution in [1.29, 1.82) is 0 Å². The first-order chi connectivity index (χ1) is 9.06. The van der Waals surface area contributed by atoms with Gasteiger partial charge in [0.05, 0.1) is 0 Å². The zero-order chi connectivity index (χ0) is 13.8. The van der Waals surface area contributed by atoms with Crippen LogP contribution in [0.4, 0.5) is 4.39 Å². The van der Waals surface area contributed by atoms with Crippen molar-refractivity contribution in [1.82, 2.24) is 4.90 Å². The summed E-state index contributed by atoms with van der Waals surface area (Å²) in [6.07, 6.45) is 0. The molecule has 2 aromatic rings. The van der Waals surface area contributed by atoms with E-state index in [0.717, 1.165) is 12.0 Å². The van der Waals surface area contributed by atoms with Gasteiger partial charge in [0.25, 0.3) is 0 Å². The van der Waals surface area contributed by atoms with Crippen LogP contribution in [-0.4, -0.2) is 30.9 Å².